The summed E-state index contributed by atoms with van der Waals surface area (Å²) in [5, 5.41) is 0. The molecule has 2 aromatic rings. The first kappa shape index (κ1) is 17.8. The van der Waals surface area contributed by atoms with Crippen LogP contribution in [0.1, 0.15) is 12.5 Å². The molecule has 5 nitrogen and oxygen atoms in total. The lowest BCUT2D eigenvalue weighted by atomic mass is 10.2. The Kier molecular flexibility index (Phi) is 4.54. The number of hydrogen-bond acceptors (Lipinski definition) is 3. The summed E-state index contributed by atoms with van der Waals surface area (Å²) < 4.78 is 54.7. The first-order chi connectivity index (χ1) is 11.7. The lowest BCUT2D eigenvalue weighted by Crippen LogP contribution is -2.28. The lowest BCUT2D eigenvalue weighted by molar-refractivity contribution is -0.116. The van der Waals surface area contributed by atoms with Crippen LogP contribution in [0.15, 0.2) is 39.7 Å². The molecule has 0 radical (unpaired) electrons. The van der Waals surface area contributed by atoms with E-state index in [9.17, 15) is 22.0 Å². The summed E-state index contributed by atoms with van der Waals surface area (Å²) in [5.74, 6) is -2.51. The largest absolute Gasteiger partial charge is 0.311 e. The maximum Gasteiger partial charge on any atom is 0.264 e. The summed E-state index contributed by atoms with van der Waals surface area (Å²) in [6.07, 6.45) is 0.530. The van der Waals surface area contributed by atoms with Gasteiger partial charge in [-0.3, -0.25) is 9.52 Å². The Morgan fingerprint density at radius 3 is 2.56 bits per heavy atom. The topological polar surface area (TPSA) is 66.5 Å². The molecular weight excluding hydrogens is 418 g/mol. The molecule has 1 heterocycles. The van der Waals surface area contributed by atoms with Crippen LogP contribution in [0.3, 0.4) is 0 Å². The highest BCUT2D eigenvalue weighted by Crippen LogP contribution is 2.38. The van der Waals surface area contributed by atoms with Gasteiger partial charge in [-0.05, 0) is 36.2 Å². The predicted octanol–water partition coefficient (Wildman–Crippen LogP) is 3.44. The van der Waals surface area contributed by atoms with Crippen molar-refractivity contribution in [1.82, 2.24) is 0 Å². The highest BCUT2D eigenvalue weighted by Gasteiger charge is 2.31. The Hall–Kier alpha value is -2.00. The molecule has 1 aliphatic rings. The van der Waals surface area contributed by atoms with Crippen molar-refractivity contribution in [3.05, 3.63) is 52.0 Å². The summed E-state index contributed by atoms with van der Waals surface area (Å²) in [6.45, 7) is 1.74. The third-order valence-corrected chi connectivity index (χ3v) is 5.69. The fraction of sp³-hybridized carbons (Fsp3) is 0.188. The number of benzene rings is 2. The van der Waals surface area contributed by atoms with Crippen LogP contribution in [-0.4, -0.2) is 20.9 Å². The van der Waals surface area contributed by atoms with Gasteiger partial charge in [-0.25, -0.2) is 17.2 Å². The second kappa shape index (κ2) is 6.38. The van der Waals surface area contributed by atoms with Crippen LogP contribution in [-0.2, 0) is 21.2 Å². The Bertz CT molecular complexity index is 980. The number of nitrogens with zero attached hydrogens (tertiary/aromatic N) is 1. The van der Waals surface area contributed by atoms with Gasteiger partial charge in [0.15, 0.2) is 11.6 Å². The van der Waals surface area contributed by atoms with Gasteiger partial charge in [-0.1, -0.05) is 15.9 Å². The zero-order valence-corrected chi connectivity index (χ0v) is 15.4. The van der Waals surface area contributed by atoms with Crippen LogP contribution in [0.5, 0.6) is 0 Å². The smallest absolute Gasteiger partial charge is 0.264 e. The maximum atomic E-state index is 13.3. The molecule has 1 aliphatic heterocycles. The number of sulfonamides is 1. The van der Waals surface area contributed by atoms with Gasteiger partial charge in [0.25, 0.3) is 10.0 Å². The quantitative estimate of drug-likeness (QED) is 0.810. The first-order valence-electron chi connectivity index (χ1n) is 7.27. The van der Waals surface area contributed by atoms with Crippen LogP contribution < -0.4 is 9.62 Å². The van der Waals surface area contributed by atoms with E-state index in [1.165, 1.54) is 17.9 Å². The van der Waals surface area contributed by atoms with E-state index in [2.05, 4.69) is 20.7 Å². The van der Waals surface area contributed by atoms with Crippen molar-refractivity contribution in [3.8, 4) is 0 Å². The maximum absolute atomic E-state index is 13.3. The summed E-state index contributed by atoms with van der Waals surface area (Å²) in [7, 11) is -4.12. The van der Waals surface area contributed by atoms with Crippen molar-refractivity contribution in [2.24, 2.45) is 0 Å². The summed E-state index contributed by atoms with van der Waals surface area (Å²) in [4.78, 5) is 13.1. The highest BCUT2D eigenvalue weighted by atomic mass is 79.9. The van der Waals surface area contributed by atoms with Gasteiger partial charge in [0.05, 0.1) is 11.4 Å². The number of amides is 1. The fourth-order valence-corrected chi connectivity index (χ4v) is 4.74. The van der Waals surface area contributed by atoms with Crippen LogP contribution >= 0.6 is 15.9 Å². The van der Waals surface area contributed by atoms with E-state index in [0.29, 0.717) is 23.1 Å². The molecule has 1 amide bonds. The van der Waals surface area contributed by atoms with E-state index in [1.54, 1.807) is 6.07 Å². The molecular formula is C16H13BrF2N2O3S. The molecule has 0 saturated carbocycles. The Labute approximate surface area is 151 Å². The van der Waals surface area contributed by atoms with E-state index in [0.717, 1.165) is 23.8 Å². The average molecular weight is 431 g/mol. The molecule has 0 fully saturated rings. The molecule has 0 bridgehead atoms. The molecule has 0 aliphatic carbocycles. The second-order valence-corrected chi connectivity index (χ2v) is 8.13. The summed E-state index contributed by atoms with van der Waals surface area (Å²) in [6, 6.07) is 5.85. The van der Waals surface area contributed by atoms with Gasteiger partial charge in [-0.2, -0.15) is 0 Å². The minimum absolute atomic E-state index is 0.102. The van der Waals surface area contributed by atoms with Crippen molar-refractivity contribution in [1.29, 1.82) is 0 Å². The average Bonchev–Trinajstić information content (AvgIpc) is 2.93. The molecule has 0 unspecified atom stereocenters. The molecule has 25 heavy (non-hydrogen) atoms. The van der Waals surface area contributed by atoms with E-state index in [-0.39, 0.29) is 16.5 Å². The van der Waals surface area contributed by atoms with Gasteiger partial charge >= 0.3 is 0 Å². The number of fused-ring (bicyclic) bond motifs is 1. The first-order valence-corrected chi connectivity index (χ1v) is 9.55. The minimum atomic E-state index is -4.12. The van der Waals surface area contributed by atoms with Crippen molar-refractivity contribution in [2.45, 2.75) is 18.2 Å². The monoisotopic (exact) mass is 430 g/mol. The molecule has 0 saturated heterocycles. The second-order valence-electron chi connectivity index (χ2n) is 5.57. The molecule has 132 valence electrons. The summed E-state index contributed by atoms with van der Waals surface area (Å²) >= 11 is 3.27. The number of halogens is 3. The molecule has 0 atom stereocenters. The van der Waals surface area contributed by atoms with Crippen LogP contribution in [0, 0.1) is 11.6 Å². The van der Waals surface area contributed by atoms with Crippen LogP contribution in [0.2, 0.25) is 0 Å². The Balaban J connectivity index is 2.08. The third kappa shape index (κ3) is 3.38. The summed E-state index contributed by atoms with van der Waals surface area (Å²) in [5.41, 5.74) is 0.918. The van der Waals surface area contributed by atoms with E-state index >= 15 is 0 Å². The number of anilines is 2. The third-order valence-electron chi connectivity index (χ3n) is 3.83. The van der Waals surface area contributed by atoms with E-state index < -0.39 is 21.7 Å². The number of carbonyl (C=O) groups excluding carboxylic acids is 1. The molecule has 0 spiro atoms. The SMILES string of the molecule is CC(=O)N1CCc2cc(Br)cc(S(=O)(=O)Nc3ccc(F)c(F)c3)c21. The normalized spacial score (nSPS) is 13.7. The number of carbonyl (C=O) groups is 1. The zero-order valence-electron chi connectivity index (χ0n) is 13.0. The molecule has 9 heteroatoms. The number of hydrogen-bond donors (Lipinski definition) is 1. The van der Waals surface area contributed by atoms with Gasteiger partial charge in [0.1, 0.15) is 4.90 Å². The Morgan fingerprint density at radius 2 is 1.92 bits per heavy atom. The number of rotatable bonds is 3. The van der Waals surface area contributed by atoms with Gasteiger partial charge in [0, 0.05) is 24.0 Å². The van der Waals surface area contributed by atoms with Gasteiger partial charge in [-0.15, -0.1) is 0 Å². The number of nitrogens with one attached hydrogen (secondary N) is 1. The standard InChI is InChI=1S/C16H13BrF2N2O3S/c1-9(22)21-5-4-10-6-11(17)7-15(16(10)21)25(23,24)20-12-2-3-13(18)14(19)8-12/h2-3,6-8,20H,4-5H2,1H3. The van der Waals surface area contributed by atoms with Crippen LogP contribution in [0.4, 0.5) is 20.2 Å². The minimum Gasteiger partial charge on any atom is -0.311 e. The molecule has 1 N–H and O–H groups in total. The molecule has 0 aromatic heterocycles. The van der Waals surface area contributed by atoms with Crippen molar-refractivity contribution >= 4 is 43.2 Å². The van der Waals surface area contributed by atoms with Gasteiger partial charge < -0.3 is 4.90 Å². The van der Waals surface area contributed by atoms with Crippen molar-refractivity contribution in [3.63, 3.8) is 0 Å². The van der Waals surface area contributed by atoms with Crippen molar-refractivity contribution in [2.75, 3.05) is 16.2 Å². The van der Waals surface area contributed by atoms with Crippen LogP contribution in [0.25, 0.3) is 0 Å². The van der Waals surface area contributed by atoms with E-state index in [1.807, 2.05) is 0 Å². The highest BCUT2D eigenvalue weighted by molar-refractivity contribution is 9.10. The van der Waals surface area contributed by atoms with E-state index in [4.69, 9.17) is 0 Å². The molecule has 3 rings (SSSR count). The van der Waals surface area contributed by atoms with Gasteiger partial charge in [0.2, 0.25) is 5.91 Å². The van der Waals surface area contributed by atoms with Crippen molar-refractivity contribution < 1.29 is 22.0 Å². The Morgan fingerprint density at radius 1 is 1.20 bits per heavy atom. The predicted molar refractivity (Wildman–Crippen MR) is 93.0 cm³/mol. The zero-order chi connectivity index (χ0) is 18.4. The molecule has 2 aromatic carbocycles. The lowest BCUT2D eigenvalue weighted by Gasteiger charge is -2.19. The fourth-order valence-electron chi connectivity index (χ4n) is 2.76.